The number of rotatable bonds is 4. The van der Waals surface area contributed by atoms with Crippen LogP contribution in [0.25, 0.3) is 0 Å². The molecule has 5 nitrogen and oxygen atoms in total. The van der Waals surface area contributed by atoms with E-state index in [1.165, 1.54) is 18.5 Å². The van der Waals surface area contributed by atoms with E-state index in [1.54, 1.807) is 14.2 Å². The topological polar surface area (TPSA) is 42.0 Å². The van der Waals surface area contributed by atoms with Crippen molar-refractivity contribution in [2.75, 3.05) is 38.8 Å². The maximum Gasteiger partial charge on any atom is 0.254 e. The third-order valence-corrected chi connectivity index (χ3v) is 6.72. The van der Waals surface area contributed by atoms with Crippen LogP contribution < -0.4 is 4.90 Å². The third-order valence-electron chi connectivity index (χ3n) is 6.72. The van der Waals surface area contributed by atoms with Crippen LogP contribution in [0.4, 0.5) is 5.69 Å². The highest BCUT2D eigenvalue weighted by Gasteiger charge is 2.52. The molecule has 2 heterocycles. The Hall–Kier alpha value is -1.59. The van der Waals surface area contributed by atoms with Gasteiger partial charge in [0.25, 0.3) is 5.91 Å². The van der Waals surface area contributed by atoms with Gasteiger partial charge in [-0.3, -0.25) is 4.79 Å². The molecule has 0 unspecified atom stereocenters. The molecule has 0 spiro atoms. The van der Waals surface area contributed by atoms with Crippen molar-refractivity contribution in [1.82, 2.24) is 4.90 Å². The predicted molar refractivity (Wildman–Crippen MR) is 102 cm³/mol. The van der Waals surface area contributed by atoms with Gasteiger partial charge in [0.15, 0.2) is 0 Å². The lowest BCUT2D eigenvalue weighted by Gasteiger charge is -2.43. The van der Waals surface area contributed by atoms with Crippen LogP contribution in [0.1, 0.15) is 48.9 Å². The highest BCUT2D eigenvalue weighted by Crippen LogP contribution is 2.43. The zero-order chi connectivity index (χ0) is 18.1. The average Bonchev–Trinajstić information content (AvgIpc) is 3.35. The number of ether oxygens (including phenoxy) is 2. The first-order valence-corrected chi connectivity index (χ1v) is 9.91. The predicted octanol–water partition coefficient (Wildman–Crippen LogP) is 3.09. The van der Waals surface area contributed by atoms with Crippen molar-refractivity contribution in [2.24, 2.45) is 0 Å². The lowest BCUT2D eigenvalue weighted by atomic mass is 9.79. The van der Waals surface area contributed by atoms with Gasteiger partial charge in [-0.15, -0.1) is 0 Å². The first-order chi connectivity index (χ1) is 12.7. The number of hydrogen-bond acceptors (Lipinski definition) is 4. The largest absolute Gasteiger partial charge is 0.381 e. The molecule has 1 saturated carbocycles. The fourth-order valence-electron chi connectivity index (χ4n) is 5.08. The van der Waals surface area contributed by atoms with Crippen LogP contribution in [0.3, 0.4) is 0 Å². The summed E-state index contributed by atoms with van der Waals surface area (Å²) in [5, 5.41) is 0. The van der Waals surface area contributed by atoms with Gasteiger partial charge in [0.1, 0.15) is 0 Å². The molecule has 5 heteroatoms. The number of carbonyl (C=O) groups is 1. The van der Waals surface area contributed by atoms with Gasteiger partial charge in [0.2, 0.25) is 0 Å². The number of amides is 1. The Labute approximate surface area is 156 Å². The standard InChI is InChI=1S/C21H30N2O3/c1-25-18-9-10-21(26-2)11-14-23(19(21)15-18)20(24)16-5-7-17(8-6-16)22-12-3-4-13-22/h5-8,18-19H,3-4,9-15H2,1-2H3/t18-,19+,21-/m1/s1. The van der Waals surface area contributed by atoms with Crippen molar-refractivity contribution in [3.8, 4) is 0 Å². The molecule has 0 aromatic heterocycles. The average molecular weight is 358 g/mol. The van der Waals surface area contributed by atoms with E-state index in [9.17, 15) is 4.79 Å². The van der Waals surface area contributed by atoms with Crippen molar-refractivity contribution >= 4 is 11.6 Å². The maximum absolute atomic E-state index is 13.2. The lowest BCUT2D eigenvalue weighted by Crippen LogP contribution is -2.53. The molecule has 1 aliphatic carbocycles. The van der Waals surface area contributed by atoms with Crippen LogP contribution in [0.15, 0.2) is 24.3 Å². The monoisotopic (exact) mass is 358 g/mol. The van der Waals surface area contributed by atoms with E-state index in [0.717, 1.165) is 50.9 Å². The molecule has 26 heavy (non-hydrogen) atoms. The normalized spacial score (nSPS) is 31.3. The van der Waals surface area contributed by atoms with Gasteiger partial charge in [-0.25, -0.2) is 0 Å². The molecule has 3 aliphatic rings. The van der Waals surface area contributed by atoms with Gasteiger partial charge < -0.3 is 19.3 Å². The molecule has 0 radical (unpaired) electrons. The molecular formula is C21H30N2O3. The number of fused-ring (bicyclic) bond motifs is 1. The van der Waals surface area contributed by atoms with Gasteiger partial charge in [-0.2, -0.15) is 0 Å². The smallest absolute Gasteiger partial charge is 0.254 e. The van der Waals surface area contributed by atoms with Crippen LogP contribution >= 0.6 is 0 Å². The summed E-state index contributed by atoms with van der Waals surface area (Å²) in [6, 6.07) is 8.27. The second kappa shape index (κ2) is 7.20. The zero-order valence-corrected chi connectivity index (χ0v) is 15.9. The number of benzene rings is 1. The fourth-order valence-corrected chi connectivity index (χ4v) is 5.08. The molecule has 3 fully saturated rings. The minimum absolute atomic E-state index is 0.108. The molecule has 1 amide bonds. The number of nitrogens with zero attached hydrogens (tertiary/aromatic N) is 2. The van der Waals surface area contributed by atoms with Crippen molar-refractivity contribution < 1.29 is 14.3 Å². The molecule has 1 aromatic rings. The quantitative estimate of drug-likeness (QED) is 0.829. The number of anilines is 1. The SMILES string of the molecule is CO[C@@H]1CC[C@@]2(OC)CCN(C(=O)c3ccc(N4CCCC4)cc3)[C@H]2C1. The van der Waals surface area contributed by atoms with Crippen molar-refractivity contribution in [3.63, 3.8) is 0 Å². The fraction of sp³-hybridized carbons (Fsp3) is 0.667. The van der Waals surface area contributed by atoms with Gasteiger partial charge >= 0.3 is 0 Å². The van der Waals surface area contributed by atoms with Crippen molar-refractivity contribution in [1.29, 1.82) is 0 Å². The summed E-state index contributed by atoms with van der Waals surface area (Å²) in [5.74, 6) is 0.124. The summed E-state index contributed by atoms with van der Waals surface area (Å²) in [6.45, 7) is 3.01. The Bertz CT molecular complexity index is 641. The summed E-state index contributed by atoms with van der Waals surface area (Å²) in [7, 11) is 3.56. The zero-order valence-electron chi connectivity index (χ0n) is 15.9. The van der Waals surface area contributed by atoms with Gasteiger partial charge in [-0.05, 0) is 62.8 Å². The Morgan fingerprint density at radius 2 is 1.81 bits per heavy atom. The molecule has 1 aromatic carbocycles. The number of carbonyl (C=O) groups excluding carboxylic acids is 1. The molecule has 4 rings (SSSR count). The molecule has 0 N–H and O–H groups in total. The third kappa shape index (κ3) is 3.01. The van der Waals surface area contributed by atoms with Crippen molar-refractivity contribution in [3.05, 3.63) is 29.8 Å². The second-order valence-electron chi connectivity index (χ2n) is 7.91. The summed E-state index contributed by atoms with van der Waals surface area (Å²) in [5.41, 5.74) is 1.81. The Morgan fingerprint density at radius 3 is 2.46 bits per heavy atom. The summed E-state index contributed by atoms with van der Waals surface area (Å²) in [4.78, 5) is 17.6. The van der Waals surface area contributed by atoms with E-state index in [1.807, 2.05) is 17.0 Å². The Morgan fingerprint density at radius 1 is 1.08 bits per heavy atom. The first kappa shape index (κ1) is 17.8. The minimum Gasteiger partial charge on any atom is -0.381 e. The maximum atomic E-state index is 13.2. The molecular weight excluding hydrogens is 328 g/mol. The van der Waals surface area contributed by atoms with Crippen LogP contribution in [0.2, 0.25) is 0 Å². The molecule has 2 aliphatic heterocycles. The lowest BCUT2D eigenvalue weighted by molar-refractivity contribution is -0.0893. The van der Waals surface area contributed by atoms with Crippen LogP contribution in [-0.4, -0.2) is 62.4 Å². The summed E-state index contributed by atoms with van der Waals surface area (Å²) < 4.78 is 11.5. The highest BCUT2D eigenvalue weighted by atomic mass is 16.5. The minimum atomic E-state index is -0.194. The second-order valence-corrected chi connectivity index (χ2v) is 7.91. The number of methoxy groups -OCH3 is 2. The first-order valence-electron chi connectivity index (χ1n) is 9.91. The van der Waals surface area contributed by atoms with E-state index in [2.05, 4.69) is 17.0 Å². The van der Waals surface area contributed by atoms with E-state index in [-0.39, 0.29) is 23.7 Å². The van der Waals surface area contributed by atoms with E-state index in [0.29, 0.717) is 0 Å². The number of hydrogen-bond donors (Lipinski definition) is 0. The van der Waals surface area contributed by atoms with Crippen LogP contribution in [0, 0.1) is 0 Å². The molecule has 142 valence electrons. The molecule has 3 atom stereocenters. The van der Waals surface area contributed by atoms with Gasteiger partial charge in [0, 0.05) is 45.1 Å². The Kier molecular flexibility index (Phi) is 4.93. The van der Waals surface area contributed by atoms with Crippen LogP contribution in [0.5, 0.6) is 0 Å². The van der Waals surface area contributed by atoms with E-state index in [4.69, 9.17) is 9.47 Å². The highest BCUT2D eigenvalue weighted by molar-refractivity contribution is 5.95. The summed E-state index contributed by atoms with van der Waals surface area (Å²) >= 11 is 0. The van der Waals surface area contributed by atoms with Gasteiger partial charge in [0.05, 0.1) is 17.7 Å². The molecule has 0 bridgehead atoms. The number of likely N-dealkylation sites (tertiary alicyclic amines) is 1. The molecule has 2 saturated heterocycles. The Balaban J connectivity index is 1.52. The van der Waals surface area contributed by atoms with Gasteiger partial charge in [-0.1, -0.05) is 0 Å². The van der Waals surface area contributed by atoms with Crippen LogP contribution in [-0.2, 0) is 9.47 Å². The van der Waals surface area contributed by atoms with E-state index >= 15 is 0 Å². The van der Waals surface area contributed by atoms with E-state index < -0.39 is 0 Å². The summed E-state index contributed by atoms with van der Waals surface area (Å²) in [6.07, 6.45) is 6.49. The van der Waals surface area contributed by atoms with Crippen molar-refractivity contribution in [2.45, 2.75) is 56.3 Å².